The molecule has 0 aromatic heterocycles. The van der Waals surface area contributed by atoms with Crippen LogP contribution in [0.2, 0.25) is 5.02 Å². The van der Waals surface area contributed by atoms with Crippen molar-refractivity contribution in [3.63, 3.8) is 0 Å². The lowest BCUT2D eigenvalue weighted by atomic mass is 10.00. The minimum Gasteiger partial charge on any atom is -0.493 e. The minimum atomic E-state index is -0.603. The molecule has 1 aliphatic heterocycles. The third-order valence-electron chi connectivity index (χ3n) is 3.14. The van der Waals surface area contributed by atoms with Gasteiger partial charge in [-0.3, -0.25) is 4.79 Å². The molecule has 2 aromatic carbocycles. The number of carbonyl (C=O) groups excluding carboxylic acids is 1. The first-order valence-electron chi connectivity index (χ1n) is 5.91. The first kappa shape index (κ1) is 12.2. The Morgan fingerprint density at radius 3 is 2.89 bits per heavy atom. The average Bonchev–Trinajstić information content (AvgIpc) is 2.85. The lowest BCUT2D eigenvalue weighted by molar-refractivity contribution is 0.103. The number of ketones is 1. The molecule has 19 heavy (non-hydrogen) atoms. The summed E-state index contributed by atoms with van der Waals surface area (Å²) < 4.78 is 19.1. The van der Waals surface area contributed by atoms with Gasteiger partial charge in [0.1, 0.15) is 11.6 Å². The Morgan fingerprint density at radius 1 is 1.26 bits per heavy atom. The summed E-state index contributed by atoms with van der Waals surface area (Å²) in [6.07, 6.45) is 0.765. The van der Waals surface area contributed by atoms with Gasteiger partial charge in [0.2, 0.25) is 0 Å². The third kappa shape index (κ3) is 2.10. The molecule has 4 heteroatoms. The maximum absolute atomic E-state index is 13.7. The van der Waals surface area contributed by atoms with Crippen LogP contribution < -0.4 is 4.74 Å². The van der Waals surface area contributed by atoms with Crippen LogP contribution in [-0.2, 0) is 6.42 Å². The molecule has 0 aliphatic carbocycles. The fourth-order valence-electron chi connectivity index (χ4n) is 2.19. The predicted molar refractivity (Wildman–Crippen MR) is 70.5 cm³/mol. The zero-order chi connectivity index (χ0) is 13.4. The zero-order valence-corrected chi connectivity index (χ0v) is 10.7. The molecule has 0 N–H and O–H groups in total. The maximum Gasteiger partial charge on any atom is 0.197 e. The fraction of sp³-hybridized carbons (Fsp3) is 0.133. The lowest BCUT2D eigenvalue weighted by Gasteiger charge is -2.06. The van der Waals surface area contributed by atoms with Crippen molar-refractivity contribution < 1.29 is 13.9 Å². The van der Waals surface area contributed by atoms with E-state index in [0.717, 1.165) is 17.7 Å². The number of ether oxygens (including phenoxy) is 1. The topological polar surface area (TPSA) is 26.3 Å². The molecular formula is C15H10ClFO2. The lowest BCUT2D eigenvalue weighted by Crippen LogP contribution is -2.05. The molecule has 3 rings (SSSR count). The quantitative estimate of drug-likeness (QED) is 0.783. The van der Waals surface area contributed by atoms with E-state index in [-0.39, 0.29) is 10.6 Å². The molecule has 2 nitrogen and oxygen atoms in total. The van der Waals surface area contributed by atoms with Crippen LogP contribution in [0.5, 0.6) is 5.75 Å². The van der Waals surface area contributed by atoms with Crippen molar-refractivity contribution in [1.82, 2.24) is 0 Å². The van der Waals surface area contributed by atoms with E-state index in [1.165, 1.54) is 18.2 Å². The molecule has 0 saturated heterocycles. The number of hydrogen-bond acceptors (Lipinski definition) is 2. The Morgan fingerprint density at radius 2 is 2.11 bits per heavy atom. The second-order valence-electron chi connectivity index (χ2n) is 4.35. The van der Waals surface area contributed by atoms with Crippen LogP contribution in [-0.4, -0.2) is 12.4 Å². The highest BCUT2D eigenvalue weighted by atomic mass is 35.5. The Bertz CT molecular complexity index is 647. The first-order valence-corrected chi connectivity index (χ1v) is 6.29. The van der Waals surface area contributed by atoms with Gasteiger partial charge in [-0.05, 0) is 35.9 Å². The average molecular weight is 277 g/mol. The number of benzene rings is 2. The van der Waals surface area contributed by atoms with Crippen LogP contribution >= 0.6 is 11.6 Å². The van der Waals surface area contributed by atoms with Crippen LogP contribution in [0.15, 0.2) is 36.4 Å². The predicted octanol–water partition coefficient (Wildman–Crippen LogP) is 3.65. The molecule has 96 valence electrons. The van der Waals surface area contributed by atoms with Crippen molar-refractivity contribution in [3.8, 4) is 5.75 Å². The van der Waals surface area contributed by atoms with E-state index in [2.05, 4.69) is 0 Å². The molecule has 0 atom stereocenters. The molecule has 0 amide bonds. The maximum atomic E-state index is 13.7. The molecule has 2 aromatic rings. The highest BCUT2D eigenvalue weighted by Gasteiger charge is 2.20. The van der Waals surface area contributed by atoms with Crippen molar-refractivity contribution in [2.45, 2.75) is 6.42 Å². The van der Waals surface area contributed by atoms with E-state index in [9.17, 15) is 9.18 Å². The second-order valence-corrected chi connectivity index (χ2v) is 4.75. The van der Waals surface area contributed by atoms with Crippen molar-refractivity contribution in [3.05, 3.63) is 63.9 Å². The summed E-state index contributed by atoms with van der Waals surface area (Å²) in [6, 6.07) is 9.34. The molecule has 0 saturated carbocycles. The number of carbonyl (C=O) groups is 1. The Hall–Kier alpha value is -1.87. The van der Waals surface area contributed by atoms with Crippen LogP contribution in [0.4, 0.5) is 4.39 Å². The second kappa shape index (κ2) is 4.67. The number of hydrogen-bond donors (Lipinski definition) is 0. The van der Waals surface area contributed by atoms with Crippen molar-refractivity contribution in [2.24, 2.45) is 0 Å². The largest absolute Gasteiger partial charge is 0.493 e. The normalized spacial score (nSPS) is 12.9. The van der Waals surface area contributed by atoms with E-state index < -0.39 is 11.6 Å². The van der Waals surface area contributed by atoms with Crippen molar-refractivity contribution in [2.75, 3.05) is 6.61 Å². The summed E-state index contributed by atoms with van der Waals surface area (Å²) in [5, 5.41) is 0.127. The van der Waals surface area contributed by atoms with Gasteiger partial charge in [-0.25, -0.2) is 4.39 Å². The van der Waals surface area contributed by atoms with E-state index in [1.54, 1.807) is 18.2 Å². The number of fused-ring (bicyclic) bond motifs is 1. The zero-order valence-electron chi connectivity index (χ0n) is 9.95. The Kier molecular flexibility index (Phi) is 2.99. The monoisotopic (exact) mass is 276 g/mol. The van der Waals surface area contributed by atoms with Crippen LogP contribution in [0.25, 0.3) is 0 Å². The molecule has 0 radical (unpaired) electrons. The summed E-state index contributed by atoms with van der Waals surface area (Å²) >= 11 is 5.91. The first-order chi connectivity index (χ1) is 9.16. The molecule has 1 aliphatic rings. The van der Waals surface area contributed by atoms with Gasteiger partial charge >= 0.3 is 0 Å². The summed E-state index contributed by atoms with van der Waals surface area (Å²) in [5.41, 5.74) is 1.32. The third-order valence-corrected chi connectivity index (χ3v) is 3.46. The van der Waals surface area contributed by atoms with Crippen LogP contribution in [0.3, 0.4) is 0 Å². The molecule has 0 spiro atoms. The standard InChI is InChI=1S/C15H10ClFO2/c16-11-2-1-3-12(17)14(11)15(18)10-4-5-13-9(8-10)6-7-19-13/h1-5,8H,6-7H2. The van der Waals surface area contributed by atoms with Gasteiger partial charge < -0.3 is 4.74 Å². The van der Waals surface area contributed by atoms with Gasteiger partial charge in [-0.1, -0.05) is 17.7 Å². The highest BCUT2D eigenvalue weighted by Crippen LogP contribution is 2.28. The fourth-order valence-corrected chi connectivity index (χ4v) is 2.44. The summed E-state index contributed by atoms with van der Waals surface area (Å²) in [7, 11) is 0. The summed E-state index contributed by atoms with van der Waals surface area (Å²) in [5.74, 6) is -0.219. The van der Waals surface area contributed by atoms with Gasteiger partial charge in [0.15, 0.2) is 5.78 Å². The van der Waals surface area contributed by atoms with Gasteiger partial charge in [0.05, 0.1) is 17.2 Å². The van der Waals surface area contributed by atoms with Gasteiger partial charge in [0.25, 0.3) is 0 Å². The van der Waals surface area contributed by atoms with Crippen molar-refractivity contribution >= 4 is 17.4 Å². The van der Waals surface area contributed by atoms with E-state index in [1.807, 2.05) is 0 Å². The summed E-state index contributed by atoms with van der Waals surface area (Å²) in [4.78, 5) is 12.3. The molecule has 1 heterocycles. The molecule has 0 unspecified atom stereocenters. The Labute approximate surface area is 114 Å². The molecular weight excluding hydrogens is 267 g/mol. The van der Waals surface area contributed by atoms with Crippen LogP contribution in [0, 0.1) is 5.82 Å². The van der Waals surface area contributed by atoms with E-state index >= 15 is 0 Å². The summed E-state index contributed by atoms with van der Waals surface area (Å²) in [6.45, 7) is 0.618. The molecule has 0 fully saturated rings. The number of halogens is 2. The van der Waals surface area contributed by atoms with E-state index in [0.29, 0.717) is 12.2 Å². The van der Waals surface area contributed by atoms with Gasteiger partial charge in [-0.15, -0.1) is 0 Å². The van der Waals surface area contributed by atoms with Crippen molar-refractivity contribution in [1.29, 1.82) is 0 Å². The Balaban J connectivity index is 2.05. The number of rotatable bonds is 2. The molecule has 0 bridgehead atoms. The SMILES string of the molecule is O=C(c1ccc2c(c1)CCO2)c1c(F)cccc1Cl. The van der Waals surface area contributed by atoms with Crippen LogP contribution in [0.1, 0.15) is 21.5 Å². The van der Waals surface area contributed by atoms with Gasteiger partial charge in [-0.2, -0.15) is 0 Å². The minimum absolute atomic E-state index is 0.0805. The van der Waals surface area contributed by atoms with E-state index in [4.69, 9.17) is 16.3 Å². The smallest absolute Gasteiger partial charge is 0.197 e. The van der Waals surface area contributed by atoms with Gasteiger partial charge in [0, 0.05) is 12.0 Å². The highest BCUT2D eigenvalue weighted by molar-refractivity contribution is 6.35.